The van der Waals surface area contributed by atoms with Crippen molar-refractivity contribution < 1.29 is 4.79 Å². The van der Waals surface area contributed by atoms with Crippen molar-refractivity contribution in [3.63, 3.8) is 0 Å². The molecular formula is C11H12BNO. The topological polar surface area (TPSA) is 29.1 Å². The molecule has 0 aliphatic carbocycles. The molecule has 1 aromatic carbocycles. The van der Waals surface area contributed by atoms with Crippen molar-refractivity contribution in [2.24, 2.45) is 0 Å². The maximum absolute atomic E-state index is 10.9. The summed E-state index contributed by atoms with van der Waals surface area (Å²) in [5.74, 6) is -0.601. The van der Waals surface area contributed by atoms with Crippen molar-refractivity contribution >= 4 is 13.8 Å². The van der Waals surface area contributed by atoms with E-state index in [0.717, 1.165) is 5.56 Å². The van der Waals surface area contributed by atoms with Gasteiger partial charge >= 0.3 is 0 Å². The number of amides is 1. The molecule has 14 heavy (non-hydrogen) atoms. The molecule has 1 unspecified atom stereocenters. The van der Waals surface area contributed by atoms with Crippen LogP contribution in [0.5, 0.6) is 0 Å². The summed E-state index contributed by atoms with van der Waals surface area (Å²) >= 11 is 0. The number of rotatable bonds is 4. The Morgan fingerprint density at radius 2 is 2.14 bits per heavy atom. The van der Waals surface area contributed by atoms with Gasteiger partial charge in [0, 0.05) is 0 Å². The average molecular weight is 185 g/mol. The highest BCUT2D eigenvalue weighted by atomic mass is 16.1. The molecule has 0 saturated heterocycles. The second-order valence-corrected chi connectivity index (χ2v) is 3.01. The molecule has 1 amide bonds. The molecule has 1 atom stereocenters. The van der Waals surface area contributed by atoms with Gasteiger partial charge < -0.3 is 5.32 Å². The number of carbonyl (C=O) groups is 1. The fraction of sp³-hybridized carbons (Fsp3) is 0.182. The fourth-order valence-corrected chi connectivity index (χ4v) is 1.16. The molecule has 0 bridgehead atoms. The Morgan fingerprint density at radius 1 is 1.50 bits per heavy atom. The molecule has 0 saturated carbocycles. The van der Waals surface area contributed by atoms with Gasteiger partial charge in [-0.3, -0.25) is 4.79 Å². The molecule has 70 valence electrons. The van der Waals surface area contributed by atoms with E-state index in [1.54, 1.807) is 0 Å². The SMILES string of the molecule is [B]C(Cc1ccccc1)NC(=O)C=C. The second-order valence-electron chi connectivity index (χ2n) is 3.01. The summed E-state index contributed by atoms with van der Waals surface area (Å²) < 4.78 is 0. The van der Waals surface area contributed by atoms with Crippen LogP contribution in [-0.4, -0.2) is 19.7 Å². The van der Waals surface area contributed by atoms with Crippen molar-refractivity contribution in [2.45, 2.75) is 12.4 Å². The molecule has 0 heterocycles. The van der Waals surface area contributed by atoms with Crippen LogP contribution in [0.3, 0.4) is 0 Å². The molecule has 0 fully saturated rings. The molecule has 0 aromatic heterocycles. The van der Waals surface area contributed by atoms with E-state index in [1.165, 1.54) is 6.08 Å². The number of nitrogens with one attached hydrogen (secondary N) is 1. The molecule has 0 aliphatic heterocycles. The lowest BCUT2D eigenvalue weighted by molar-refractivity contribution is -0.116. The Bertz CT molecular complexity index is 310. The minimum atomic E-state index is -0.358. The zero-order chi connectivity index (χ0) is 10.4. The van der Waals surface area contributed by atoms with Crippen LogP contribution >= 0.6 is 0 Å². The van der Waals surface area contributed by atoms with Crippen LogP contribution in [0, 0.1) is 0 Å². The summed E-state index contributed by atoms with van der Waals surface area (Å²) in [4.78, 5) is 10.9. The summed E-state index contributed by atoms with van der Waals surface area (Å²) in [6, 6.07) is 9.77. The Balaban J connectivity index is 2.45. The molecule has 2 nitrogen and oxygen atoms in total. The van der Waals surface area contributed by atoms with Crippen molar-refractivity contribution in [1.29, 1.82) is 0 Å². The first-order valence-corrected chi connectivity index (χ1v) is 4.45. The molecule has 1 aromatic rings. The van der Waals surface area contributed by atoms with Crippen molar-refractivity contribution in [2.75, 3.05) is 0 Å². The monoisotopic (exact) mass is 185 g/mol. The van der Waals surface area contributed by atoms with Gasteiger partial charge in [0.15, 0.2) is 0 Å². The van der Waals surface area contributed by atoms with Crippen LogP contribution in [0.25, 0.3) is 0 Å². The van der Waals surface area contributed by atoms with Gasteiger partial charge in [-0.1, -0.05) is 36.9 Å². The lowest BCUT2D eigenvalue weighted by Crippen LogP contribution is -2.35. The van der Waals surface area contributed by atoms with Crippen LogP contribution < -0.4 is 5.32 Å². The molecule has 0 spiro atoms. The van der Waals surface area contributed by atoms with Crippen LogP contribution in [-0.2, 0) is 11.2 Å². The molecule has 3 heteroatoms. The van der Waals surface area contributed by atoms with E-state index in [1.807, 2.05) is 30.3 Å². The van der Waals surface area contributed by atoms with Crippen LogP contribution in [0.1, 0.15) is 5.56 Å². The van der Waals surface area contributed by atoms with E-state index in [-0.39, 0.29) is 11.8 Å². The van der Waals surface area contributed by atoms with Gasteiger partial charge in [-0.05, 0) is 24.0 Å². The van der Waals surface area contributed by atoms with Crippen LogP contribution in [0.2, 0.25) is 0 Å². The third-order valence-corrected chi connectivity index (χ3v) is 1.81. The molecule has 1 rings (SSSR count). The quantitative estimate of drug-likeness (QED) is 0.550. The van der Waals surface area contributed by atoms with E-state index in [9.17, 15) is 4.79 Å². The third-order valence-electron chi connectivity index (χ3n) is 1.81. The third kappa shape index (κ3) is 3.48. The van der Waals surface area contributed by atoms with Crippen molar-refractivity contribution in [1.82, 2.24) is 5.32 Å². The minimum Gasteiger partial charge on any atom is -0.358 e. The molecule has 0 aliphatic rings. The standard InChI is InChI=1S/C11H12BNO/c1-2-11(14)13-10(12)8-9-6-4-3-5-7-9/h2-7,10H,1,8H2,(H,13,14). The second kappa shape index (κ2) is 5.27. The summed E-state index contributed by atoms with van der Waals surface area (Å²) in [5, 5.41) is 2.60. The Labute approximate surface area is 85.4 Å². The lowest BCUT2D eigenvalue weighted by atomic mass is 9.90. The van der Waals surface area contributed by atoms with Crippen LogP contribution in [0.15, 0.2) is 43.0 Å². The average Bonchev–Trinajstić information content (AvgIpc) is 2.19. The number of hydrogen-bond donors (Lipinski definition) is 1. The highest BCUT2D eigenvalue weighted by Gasteiger charge is 2.04. The largest absolute Gasteiger partial charge is 0.358 e. The van der Waals surface area contributed by atoms with Gasteiger partial charge in [-0.15, -0.1) is 0 Å². The van der Waals surface area contributed by atoms with Gasteiger partial charge in [0.1, 0.15) is 0 Å². The Hall–Kier alpha value is -1.51. The first-order chi connectivity index (χ1) is 6.72. The van der Waals surface area contributed by atoms with E-state index < -0.39 is 0 Å². The first-order valence-electron chi connectivity index (χ1n) is 4.45. The minimum absolute atomic E-state index is 0.242. The first kappa shape index (κ1) is 10.6. The maximum Gasteiger partial charge on any atom is 0.242 e. The molecule has 2 radical (unpaired) electrons. The zero-order valence-corrected chi connectivity index (χ0v) is 7.94. The molecule has 1 N–H and O–H groups in total. The van der Waals surface area contributed by atoms with Gasteiger partial charge in [0.2, 0.25) is 5.91 Å². The smallest absolute Gasteiger partial charge is 0.242 e. The molecular weight excluding hydrogens is 173 g/mol. The Kier molecular flexibility index (Phi) is 3.98. The Morgan fingerprint density at radius 3 is 2.71 bits per heavy atom. The van der Waals surface area contributed by atoms with Gasteiger partial charge in [-0.25, -0.2) is 0 Å². The maximum atomic E-state index is 10.9. The lowest BCUT2D eigenvalue weighted by Gasteiger charge is -2.12. The van der Waals surface area contributed by atoms with E-state index in [2.05, 4.69) is 11.9 Å². The summed E-state index contributed by atoms with van der Waals surface area (Å²) in [6.07, 6.45) is 1.84. The van der Waals surface area contributed by atoms with E-state index in [0.29, 0.717) is 6.42 Å². The zero-order valence-electron chi connectivity index (χ0n) is 7.94. The number of hydrogen-bond acceptors (Lipinski definition) is 1. The highest BCUT2D eigenvalue weighted by molar-refractivity contribution is 6.13. The van der Waals surface area contributed by atoms with E-state index >= 15 is 0 Å². The van der Waals surface area contributed by atoms with Crippen molar-refractivity contribution in [3.8, 4) is 0 Å². The van der Waals surface area contributed by atoms with Gasteiger partial charge in [-0.2, -0.15) is 0 Å². The summed E-state index contributed by atoms with van der Waals surface area (Å²) in [7, 11) is 5.70. The normalized spacial score (nSPS) is 11.7. The van der Waals surface area contributed by atoms with Crippen LogP contribution in [0.4, 0.5) is 0 Å². The number of carbonyl (C=O) groups excluding carboxylic acids is 1. The van der Waals surface area contributed by atoms with E-state index in [4.69, 9.17) is 7.85 Å². The predicted molar refractivity (Wildman–Crippen MR) is 58.0 cm³/mol. The van der Waals surface area contributed by atoms with Gasteiger partial charge in [0.25, 0.3) is 0 Å². The predicted octanol–water partition coefficient (Wildman–Crippen LogP) is 1.03. The summed E-state index contributed by atoms with van der Waals surface area (Å²) in [6.45, 7) is 3.35. The number of benzene rings is 1. The van der Waals surface area contributed by atoms with Crippen molar-refractivity contribution in [3.05, 3.63) is 48.6 Å². The fourth-order valence-electron chi connectivity index (χ4n) is 1.16. The highest BCUT2D eigenvalue weighted by Crippen LogP contribution is 2.00. The van der Waals surface area contributed by atoms with Gasteiger partial charge in [0.05, 0.1) is 7.85 Å². The summed E-state index contributed by atoms with van der Waals surface area (Å²) in [5.41, 5.74) is 1.10.